The van der Waals surface area contributed by atoms with Gasteiger partial charge in [0.2, 0.25) is 0 Å². The first kappa shape index (κ1) is 14.5. The van der Waals surface area contributed by atoms with Gasteiger partial charge >= 0.3 is 0 Å². The number of hydrogen-bond donors (Lipinski definition) is 0. The Morgan fingerprint density at radius 2 is 1.91 bits per heavy atom. The molecule has 1 aromatic carbocycles. The van der Waals surface area contributed by atoms with Gasteiger partial charge in [-0.05, 0) is 35.9 Å². The molecule has 1 aliphatic heterocycles. The number of carbonyl (C=O) groups excluding carboxylic acids is 1. The van der Waals surface area contributed by atoms with Crippen molar-refractivity contribution in [1.82, 2.24) is 4.98 Å². The number of pyridine rings is 1. The van der Waals surface area contributed by atoms with Gasteiger partial charge in [-0.3, -0.25) is 9.78 Å². The summed E-state index contributed by atoms with van der Waals surface area (Å²) in [7, 11) is 0. The molecule has 112 valence electrons. The number of ether oxygens (including phenoxy) is 1. The zero-order valence-corrected chi connectivity index (χ0v) is 12.3. The molecule has 4 heteroatoms. The maximum absolute atomic E-state index is 12.0. The molecule has 0 amide bonds. The van der Waals surface area contributed by atoms with Crippen molar-refractivity contribution in [3.05, 3.63) is 66.0 Å². The molecule has 2 aromatic rings. The molecule has 0 N–H and O–H groups in total. The Kier molecular flexibility index (Phi) is 4.61. The Balaban J connectivity index is 1.65. The molecule has 1 saturated heterocycles. The van der Waals surface area contributed by atoms with Crippen LogP contribution in [0.3, 0.4) is 0 Å². The van der Waals surface area contributed by atoms with Crippen LogP contribution in [-0.2, 0) is 4.74 Å². The highest BCUT2D eigenvalue weighted by molar-refractivity contribution is 6.06. The minimum absolute atomic E-state index is 0.0367. The fourth-order valence-electron chi connectivity index (χ4n) is 2.39. The molecule has 0 saturated carbocycles. The van der Waals surface area contributed by atoms with Crippen molar-refractivity contribution in [3.8, 4) is 0 Å². The third-order valence-corrected chi connectivity index (χ3v) is 3.64. The lowest BCUT2D eigenvalue weighted by molar-refractivity contribution is 0.104. The van der Waals surface area contributed by atoms with Gasteiger partial charge in [0.1, 0.15) is 0 Å². The number of allylic oxidation sites excluding steroid dienone is 1. The van der Waals surface area contributed by atoms with Crippen molar-refractivity contribution < 1.29 is 9.53 Å². The van der Waals surface area contributed by atoms with E-state index in [1.54, 1.807) is 30.6 Å². The zero-order valence-electron chi connectivity index (χ0n) is 12.3. The van der Waals surface area contributed by atoms with E-state index < -0.39 is 0 Å². The molecule has 0 atom stereocenters. The zero-order chi connectivity index (χ0) is 15.2. The Bertz CT molecular complexity index is 645. The van der Waals surface area contributed by atoms with E-state index in [1.165, 1.54) is 5.69 Å². The third-order valence-electron chi connectivity index (χ3n) is 3.64. The standard InChI is InChI=1S/C18H18N2O2/c21-18(16-2-1-9-19-14-16)8-5-15-3-6-17(7-4-15)20-10-12-22-13-11-20/h1-9,14H,10-13H2/b8-5+. The lowest BCUT2D eigenvalue weighted by Gasteiger charge is -2.28. The third kappa shape index (κ3) is 3.59. The van der Waals surface area contributed by atoms with E-state index in [1.807, 2.05) is 18.2 Å². The largest absolute Gasteiger partial charge is 0.378 e. The maximum atomic E-state index is 12.0. The van der Waals surface area contributed by atoms with E-state index in [0.29, 0.717) is 5.56 Å². The quantitative estimate of drug-likeness (QED) is 0.642. The molecule has 0 aliphatic carbocycles. The van der Waals surface area contributed by atoms with Crippen LogP contribution in [0.2, 0.25) is 0 Å². The van der Waals surface area contributed by atoms with Crippen LogP contribution >= 0.6 is 0 Å². The summed E-state index contributed by atoms with van der Waals surface area (Å²) < 4.78 is 5.36. The van der Waals surface area contributed by atoms with Crippen molar-refractivity contribution in [2.75, 3.05) is 31.2 Å². The Hall–Kier alpha value is -2.46. The number of carbonyl (C=O) groups is 1. The first-order chi connectivity index (χ1) is 10.8. The summed E-state index contributed by atoms with van der Waals surface area (Å²) in [5.41, 5.74) is 2.80. The highest BCUT2D eigenvalue weighted by atomic mass is 16.5. The van der Waals surface area contributed by atoms with Gasteiger partial charge in [0.15, 0.2) is 5.78 Å². The number of aromatic nitrogens is 1. The molecule has 22 heavy (non-hydrogen) atoms. The maximum Gasteiger partial charge on any atom is 0.187 e. The summed E-state index contributed by atoms with van der Waals surface area (Å²) >= 11 is 0. The summed E-state index contributed by atoms with van der Waals surface area (Å²) in [5.74, 6) is -0.0367. The molecule has 0 unspecified atom stereocenters. The molecule has 3 rings (SSSR count). The van der Waals surface area contributed by atoms with E-state index >= 15 is 0 Å². The number of rotatable bonds is 4. The smallest absolute Gasteiger partial charge is 0.187 e. The molecular weight excluding hydrogens is 276 g/mol. The van der Waals surface area contributed by atoms with Gasteiger partial charge in [-0.25, -0.2) is 0 Å². The van der Waals surface area contributed by atoms with Crippen LogP contribution in [0.1, 0.15) is 15.9 Å². The fraction of sp³-hybridized carbons (Fsp3) is 0.222. The fourth-order valence-corrected chi connectivity index (χ4v) is 2.39. The van der Waals surface area contributed by atoms with Crippen LogP contribution in [-0.4, -0.2) is 37.1 Å². The molecule has 1 aliphatic rings. The Morgan fingerprint density at radius 1 is 1.14 bits per heavy atom. The first-order valence-electron chi connectivity index (χ1n) is 7.38. The molecule has 1 fully saturated rings. The monoisotopic (exact) mass is 294 g/mol. The topological polar surface area (TPSA) is 42.4 Å². The van der Waals surface area contributed by atoms with Gasteiger partial charge in [0.05, 0.1) is 13.2 Å². The number of morpholine rings is 1. The van der Waals surface area contributed by atoms with Crippen LogP contribution in [0.15, 0.2) is 54.9 Å². The second kappa shape index (κ2) is 7.00. The number of anilines is 1. The van der Waals surface area contributed by atoms with Gasteiger partial charge < -0.3 is 9.64 Å². The number of nitrogens with zero attached hydrogens (tertiary/aromatic N) is 2. The van der Waals surface area contributed by atoms with E-state index in [-0.39, 0.29) is 5.78 Å². The second-order valence-electron chi connectivity index (χ2n) is 5.13. The van der Waals surface area contributed by atoms with E-state index in [0.717, 1.165) is 31.9 Å². The normalized spacial score (nSPS) is 15.2. The lowest BCUT2D eigenvalue weighted by Crippen LogP contribution is -2.36. The Morgan fingerprint density at radius 3 is 2.59 bits per heavy atom. The van der Waals surface area contributed by atoms with Gasteiger partial charge in [0, 0.05) is 36.7 Å². The molecule has 1 aromatic heterocycles. The summed E-state index contributed by atoms with van der Waals surface area (Å²) in [6.07, 6.45) is 6.65. The minimum atomic E-state index is -0.0367. The van der Waals surface area contributed by atoms with Gasteiger partial charge in [0.25, 0.3) is 0 Å². The highest BCUT2D eigenvalue weighted by Crippen LogP contribution is 2.17. The average molecular weight is 294 g/mol. The first-order valence-corrected chi connectivity index (χ1v) is 7.38. The second-order valence-corrected chi connectivity index (χ2v) is 5.13. The summed E-state index contributed by atoms with van der Waals surface area (Å²) in [5, 5.41) is 0. The molecule has 0 radical (unpaired) electrons. The van der Waals surface area contributed by atoms with Crippen molar-refractivity contribution >= 4 is 17.5 Å². The number of hydrogen-bond acceptors (Lipinski definition) is 4. The van der Waals surface area contributed by atoms with Crippen molar-refractivity contribution in [2.24, 2.45) is 0 Å². The van der Waals surface area contributed by atoms with Crippen molar-refractivity contribution in [1.29, 1.82) is 0 Å². The molecule has 0 bridgehead atoms. The summed E-state index contributed by atoms with van der Waals surface area (Å²) in [6, 6.07) is 11.7. The van der Waals surface area contributed by atoms with E-state index in [4.69, 9.17) is 4.74 Å². The summed E-state index contributed by atoms with van der Waals surface area (Å²) in [6.45, 7) is 3.41. The lowest BCUT2D eigenvalue weighted by atomic mass is 10.1. The van der Waals surface area contributed by atoms with Crippen LogP contribution in [0.25, 0.3) is 6.08 Å². The number of benzene rings is 1. The molecule has 2 heterocycles. The Labute approximate surface area is 130 Å². The van der Waals surface area contributed by atoms with E-state index in [9.17, 15) is 4.79 Å². The average Bonchev–Trinajstić information content (AvgIpc) is 2.61. The van der Waals surface area contributed by atoms with Gasteiger partial charge in [-0.2, -0.15) is 0 Å². The van der Waals surface area contributed by atoms with Gasteiger partial charge in [-0.1, -0.05) is 18.2 Å². The van der Waals surface area contributed by atoms with Gasteiger partial charge in [-0.15, -0.1) is 0 Å². The summed E-state index contributed by atoms with van der Waals surface area (Å²) in [4.78, 5) is 18.2. The molecule has 4 nitrogen and oxygen atoms in total. The molecule has 0 spiro atoms. The van der Waals surface area contributed by atoms with Crippen molar-refractivity contribution in [2.45, 2.75) is 0 Å². The minimum Gasteiger partial charge on any atom is -0.378 e. The van der Waals surface area contributed by atoms with E-state index in [2.05, 4.69) is 22.0 Å². The van der Waals surface area contributed by atoms with Crippen LogP contribution < -0.4 is 4.90 Å². The van der Waals surface area contributed by atoms with Crippen LogP contribution in [0.5, 0.6) is 0 Å². The van der Waals surface area contributed by atoms with Crippen molar-refractivity contribution in [3.63, 3.8) is 0 Å². The van der Waals surface area contributed by atoms with Crippen LogP contribution in [0.4, 0.5) is 5.69 Å². The predicted octanol–water partition coefficient (Wildman–Crippen LogP) is 2.81. The van der Waals surface area contributed by atoms with Crippen LogP contribution in [0, 0.1) is 0 Å². The number of ketones is 1. The molecular formula is C18H18N2O2. The SMILES string of the molecule is O=C(/C=C/c1ccc(N2CCOCC2)cc1)c1cccnc1. The predicted molar refractivity (Wildman–Crippen MR) is 87.1 cm³/mol. The highest BCUT2D eigenvalue weighted by Gasteiger charge is 2.10.